The molecule has 6 heteroatoms. The topological polar surface area (TPSA) is 56.3 Å². The van der Waals surface area contributed by atoms with E-state index >= 15 is 0 Å². The van der Waals surface area contributed by atoms with Gasteiger partial charge in [-0.1, -0.05) is 11.6 Å². The summed E-state index contributed by atoms with van der Waals surface area (Å²) in [6, 6.07) is 1.67. The minimum Gasteiger partial charge on any atom is -0.382 e. The monoisotopic (exact) mass is 245 g/mol. The van der Waals surface area contributed by atoms with Crippen LogP contribution < -0.4 is 5.32 Å². The number of anilines is 1. The van der Waals surface area contributed by atoms with E-state index in [2.05, 4.69) is 15.3 Å². The highest BCUT2D eigenvalue weighted by Gasteiger charge is 2.07. The van der Waals surface area contributed by atoms with Crippen LogP contribution in [0.15, 0.2) is 6.07 Å². The molecule has 16 heavy (non-hydrogen) atoms. The fourth-order valence-corrected chi connectivity index (χ4v) is 1.46. The quantitative estimate of drug-likeness (QED) is 0.770. The number of aromatic nitrogens is 2. The molecule has 0 radical (unpaired) electrons. The summed E-state index contributed by atoms with van der Waals surface area (Å²) in [5, 5.41) is 3.55. The molecule has 0 aliphatic heterocycles. The molecule has 0 aliphatic rings. The van der Waals surface area contributed by atoms with Crippen molar-refractivity contribution in [3.05, 3.63) is 17.0 Å². The van der Waals surface area contributed by atoms with Crippen LogP contribution >= 0.6 is 11.6 Å². The molecule has 0 aliphatic carbocycles. The Morgan fingerprint density at radius 2 is 2.19 bits per heavy atom. The summed E-state index contributed by atoms with van der Waals surface area (Å²) in [6.45, 7) is 2.93. The fourth-order valence-electron chi connectivity index (χ4n) is 1.24. The van der Waals surface area contributed by atoms with Crippen LogP contribution in [-0.2, 0) is 9.47 Å². The summed E-state index contributed by atoms with van der Waals surface area (Å²) in [5.74, 6) is 1.33. The summed E-state index contributed by atoms with van der Waals surface area (Å²) in [7, 11) is 3.28. The number of ether oxygens (including phenoxy) is 2. The van der Waals surface area contributed by atoms with Gasteiger partial charge in [-0.05, 0) is 6.92 Å². The Morgan fingerprint density at radius 3 is 2.75 bits per heavy atom. The smallest absolute Gasteiger partial charge is 0.134 e. The van der Waals surface area contributed by atoms with Crippen LogP contribution in [0.4, 0.5) is 5.82 Å². The van der Waals surface area contributed by atoms with Crippen molar-refractivity contribution in [2.24, 2.45) is 0 Å². The number of nitrogens with zero attached hydrogens (tertiary/aromatic N) is 2. The molecule has 90 valence electrons. The molecule has 0 aromatic carbocycles. The average molecular weight is 246 g/mol. The van der Waals surface area contributed by atoms with Crippen molar-refractivity contribution in [3.63, 3.8) is 0 Å². The Bertz CT molecular complexity index is 316. The summed E-state index contributed by atoms with van der Waals surface area (Å²) in [4.78, 5) is 8.17. The molecule has 0 fully saturated rings. The van der Waals surface area contributed by atoms with Crippen molar-refractivity contribution in [2.75, 3.05) is 32.7 Å². The van der Waals surface area contributed by atoms with Gasteiger partial charge >= 0.3 is 0 Å². The van der Waals surface area contributed by atoms with Crippen molar-refractivity contribution in [2.45, 2.75) is 13.0 Å². The third kappa shape index (κ3) is 4.30. The van der Waals surface area contributed by atoms with Gasteiger partial charge in [0.1, 0.15) is 16.8 Å². The number of aryl methyl sites for hydroxylation is 1. The lowest BCUT2D eigenvalue weighted by Crippen LogP contribution is -2.27. The predicted octanol–water partition coefficient (Wildman–Crippen LogP) is 1.51. The summed E-state index contributed by atoms with van der Waals surface area (Å²) in [6.07, 6.45) is -0.0148. The third-order valence-electron chi connectivity index (χ3n) is 2.00. The fraction of sp³-hybridized carbons (Fsp3) is 0.600. The number of nitrogens with one attached hydrogen (secondary N) is 1. The van der Waals surface area contributed by atoms with Crippen molar-refractivity contribution >= 4 is 17.4 Å². The van der Waals surface area contributed by atoms with E-state index in [-0.39, 0.29) is 6.10 Å². The van der Waals surface area contributed by atoms with Gasteiger partial charge in [-0.25, -0.2) is 9.97 Å². The van der Waals surface area contributed by atoms with Gasteiger partial charge in [0.2, 0.25) is 0 Å². The van der Waals surface area contributed by atoms with E-state index in [1.165, 1.54) is 0 Å². The van der Waals surface area contributed by atoms with E-state index in [1.54, 1.807) is 27.2 Å². The van der Waals surface area contributed by atoms with Gasteiger partial charge in [-0.3, -0.25) is 0 Å². The minimum absolute atomic E-state index is 0.0148. The minimum atomic E-state index is -0.0148. The second-order valence-corrected chi connectivity index (χ2v) is 3.70. The van der Waals surface area contributed by atoms with Crippen LogP contribution in [0.1, 0.15) is 5.82 Å². The molecule has 0 amide bonds. The highest BCUT2D eigenvalue weighted by Crippen LogP contribution is 2.11. The zero-order valence-corrected chi connectivity index (χ0v) is 10.4. The zero-order chi connectivity index (χ0) is 12.0. The van der Waals surface area contributed by atoms with Crippen LogP contribution in [0.2, 0.25) is 5.15 Å². The van der Waals surface area contributed by atoms with Crippen LogP contribution in [-0.4, -0.2) is 43.4 Å². The van der Waals surface area contributed by atoms with Crippen molar-refractivity contribution in [1.82, 2.24) is 9.97 Å². The maximum atomic E-state index is 5.81. The first-order valence-electron chi connectivity index (χ1n) is 4.92. The summed E-state index contributed by atoms with van der Waals surface area (Å²) < 4.78 is 10.2. The number of halogens is 1. The van der Waals surface area contributed by atoms with Crippen LogP contribution in [0, 0.1) is 6.92 Å². The molecule has 0 saturated carbocycles. The maximum absolute atomic E-state index is 5.81. The Kier molecular flexibility index (Phi) is 5.45. The molecule has 0 saturated heterocycles. The lowest BCUT2D eigenvalue weighted by Gasteiger charge is -2.15. The molecule has 1 rings (SSSR count). The molecule has 5 nitrogen and oxygen atoms in total. The summed E-state index contributed by atoms with van der Waals surface area (Å²) in [5.41, 5.74) is 0. The average Bonchev–Trinajstić information content (AvgIpc) is 2.23. The standard InChI is InChI=1S/C10H16ClN3O2/c1-7-13-9(11)4-10(14-7)12-5-8(16-3)6-15-2/h4,8H,5-6H2,1-3H3,(H,12,13,14). The van der Waals surface area contributed by atoms with Crippen molar-refractivity contribution in [1.29, 1.82) is 0 Å². The lowest BCUT2D eigenvalue weighted by atomic mass is 10.3. The van der Waals surface area contributed by atoms with Gasteiger partial charge < -0.3 is 14.8 Å². The Balaban J connectivity index is 2.52. The first kappa shape index (κ1) is 13.2. The molecule has 1 unspecified atom stereocenters. The van der Waals surface area contributed by atoms with Crippen LogP contribution in [0.5, 0.6) is 0 Å². The molecule has 0 bridgehead atoms. The van der Waals surface area contributed by atoms with Gasteiger partial charge in [0.15, 0.2) is 0 Å². The SMILES string of the molecule is COCC(CNc1cc(Cl)nc(C)n1)OC. The van der Waals surface area contributed by atoms with E-state index in [0.29, 0.717) is 29.9 Å². The molecule has 0 spiro atoms. The molecule has 1 aromatic heterocycles. The lowest BCUT2D eigenvalue weighted by molar-refractivity contribution is 0.0365. The first-order chi connectivity index (χ1) is 7.65. The first-order valence-corrected chi connectivity index (χ1v) is 5.30. The molecule has 1 N–H and O–H groups in total. The number of hydrogen-bond donors (Lipinski definition) is 1. The maximum Gasteiger partial charge on any atom is 0.134 e. The molecule has 1 aromatic rings. The van der Waals surface area contributed by atoms with Gasteiger partial charge in [-0.15, -0.1) is 0 Å². The highest BCUT2D eigenvalue weighted by molar-refractivity contribution is 6.29. The predicted molar refractivity (Wildman–Crippen MR) is 62.9 cm³/mol. The second-order valence-electron chi connectivity index (χ2n) is 3.32. The Hall–Kier alpha value is -0.910. The van der Waals surface area contributed by atoms with Gasteiger partial charge in [0.05, 0.1) is 12.7 Å². The second kappa shape index (κ2) is 6.62. The van der Waals surface area contributed by atoms with Crippen molar-refractivity contribution in [3.8, 4) is 0 Å². The van der Waals surface area contributed by atoms with E-state index in [1.807, 2.05) is 0 Å². The summed E-state index contributed by atoms with van der Waals surface area (Å²) >= 11 is 5.81. The van der Waals surface area contributed by atoms with E-state index < -0.39 is 0 Å². The van der Waals surface area contributed by atoms with E-state index in [9.17, 15) is 0 Å². The van der Waals surface area contributed by atoms with E-state index in [0.717, 1.165) is 0 Å². The van der Waals surface area contributed by atoms with Gasteiger partial charge in [-0.2, -0.15) is 0 Å². The van der Waals surface area contributed by atoms with Gasteiger partial charge in [0.25, 0.3) is 0 Å². The Morgan fingerprint density at radius 1 is 1.44 bits per heavy atom. The third-order valence-corrected chi connectivity index (χ3v) is 2.20. The molecular weight excluding hydrogens is 230 g/mol. The number of methoxy groups -OCH3 is 2. The molecule has 1 heterocycles. The van der Waals surface area contributed by atoms with E-state index in [4.69, 9.17) is 21.1 Å². The van der Waals surface area contributed by atoms with Gasteiger partial charge in [0, 0.05) is 26.8 Å². The van der Waals surface area contributed by atoms with Crippen molar-refractivity contribution < 1.29 is 9.47 Å². The van der Waals surface area contributed by atoms with Crippen LogP contribution in [0.3, 0.4) is 0 Å². The largest absolute Gasteiger partial charge is 0.382 e. The molecular formula is C10H16ClN3O2. The number of hydrogen-bond acceptors (Lipinski definition) is 5. The highest BCUT2D eigenvalue weighted by atomic mass is 35.5. The number of rotatable bonds is 6. The molecule has 1 atom stereocenters. The normalized spacial score (nSPS) is 12.5. The Labute approximate surface area is 100 Å². The van der Waals surface area contributed by atoms with Crippen LogP contribution in [0.25, 0.3) is 0 Å². The zero-order valence-electron chi connectivity index (χ0n) is 9.66.